The van der Waals surface area contributed by atoms with Gasteiger partial charge in [0.25, 0.3) is 0 Å². The van der Waals surface area contributed by atoms with Crippen LogP contribution in [0.1, 0.15) is 21.7 Å². The Morgan fingerprint density at radius 2 is 2.39 bits per heavy atom. The van der Waals surface area contributed by atoms with E-state index < -0.39 is 0 Å². The number of rotatable bonds is 6. The number of ketones is 1. The Balaban J connectivity index is 1.64. The number of morpholine rings is 1. The third-order valence-corrected chi connectivity index (χ3v) is 4.87. The van der Waals surface area contributed by atoms with Crippen molar-refractivity contribution in [3.8, 4) is 5.88 Å². The van der Waals surface area contributed by atoms with E-state index in [1.165, 1.54) is 11.3 Å². The van der Waals surface area contributed by atoms with E-state index >= 15 is 0 Å². The van der Waals surface area contributed by atoms with Crippen LogP contribution in [0.25, 0.3) is 0 Å². The molecule has 0 aromatic carbocycles. The summed E-state index contributed by atoms with van der Waals surface area (Å²) in [6.45, 7) is 2.89. The summed E-state index contributed by atoms with van der Waals surface area (Å²) in [5.74, 6) is 0.800. The van der Waals surface area contributed by atoms with Gasteiger partial charge in [0.05, 0.1) is 25.2 Å². The van der Waals surface area contributed by atoms with E-state index in [9.17, 15) is 4.79 Å². The number of methoxy groups -OCH3 is 1. The van der Waals surface area contributed by atoms with E-state index in [2.05, 4.69) is 9.88 Å². The minimum absolute atomic E-state index is 0.112. The highest BCUT2D eigenvalue weighted by molar-refractivity contribution is 7.12. The van der Waals surface area contributed by atoms with Crippen LogP contribution in [-0.4, -0.2) is 48.6 Å². The van der Waals surface area contributed by atoms with Gasteiger partial charge in [-0.3, -0.25) is 9.69 Å². The van der Waals surface area contributed by atoms with Crippen molar-refractivity contribution in [1.29, 1.82) is 0 Å². The average molecular weight is 332 g/mol. The van der Waals surface area contributed by atoms with Crippen molar-refractivity contribution in [3.05, 3.63) is 46.3 Å². The summed E-state index contributed by atoms with van der Waals surface area (Å²) in [7, 11) is 1.61. The van der Waals surface area contributed by atoms with Crippen LogP contribution in [0.5, 0.6) is 5.88 Å². The summed E-state index contributed by atoms with van der Waals surface area (Å²) >= 11 is 1.50. The number of hydrogen-bond donors (Lipinski definition) is 0. The SMILES string of the molecule is COc1ccc(CN2CCOC[C@H]2CC(=O)c2cccs2)cn1. The Labute approximate surface area is 139 Å². The zero-order valence-corrected chi connectivity index (χ0v) is 13.9. The maximum Gasteiger partial charge on any atom is 0.212 e. The van der Waals surface area contributed by atoms with Crippen molar-refractivity contribution in [2.24, 2.45) is 0 Å². The minimum atomic E-state index is 0.112. The Morgan fingerprint density at radius 1 is 1.48 bits per heavy atom. The Morgan fingerprint density at radius 3 is 3.09 bits per heavy atom. The van der Waals surface area contributed by atoms with Gasteiger partial charge >= 0.3 is 0 Å². The van der Waals surface area contributed by atoms with Gasteiger partial charge in [0.2, 0.25) is 5.88 Å². The largest absolute Gasteiger partial charge is 0.481 e. The summed E-state index contributed by atoms with van der Waals surface area (Å²) in [6, 6.07) is 7.78. The third kappa shape index (κ3) is 4.16. The second-order valence-electron chi connectivity index (χ2n) is 5.51. The van der Waals surface area contributed by atoms with Crippen LogP contribution in [0.3, 0.4) is 0 Å². The molecule has 0 amide bonds. The molecule has 3 rings (SSSR count). The van der Waals surface area contributed by atoms with Gasteiger partial charge in [0, 0.05) is 37.8 Å². The van der Waals surface area contributed by atoms with Gasteiger partial charge < -0.3 is 9.47 Å². The van der Waals surface area contributed by atoms with Crippen molar-refractivity contribution < 1.29 is 14.3 Å². The topological polar surface area (TPSA) is 51.7 Å². The zero-order valence-electron chi connectivity index (χ0n) is 13.1. The number of Topliss-reactive ketones (excluding diaryl/α,β-unsaturated/α-hetero) is 1. The molecule has 0 N–H and O–H groups in total. The van der Waals surface area contributed by atoms with Crippen LogP contribution < -0.4 is 4.74 Å². The maximum atomic E-state index is 12.4. The van der Waals surface area contributed by atoms with Crippen LogP contribution in [0.2, 0.25) is 0 Å². The van der Waals surface area contributed by atoms with Crippen LogP contribution in [-0.2, 0) is 11.3 Å². The molecule has 1 atom stereocenters. The fourth-order valence-electron chi connectivity index (χ4n) is 2.70. The second kappa shape index (κ2) is 7.68. The van der Waals surface area contributed by atoms with Gasteiger partial charge in [-0.1, -0.05) is 12.1 Å². The number of hydrogen-bond acceptors (Lipinski definition) is 6. The summed E-state index contributed by atoms with van der Waals surface area (Å²) in [6.07, 6.45) is 2.32. The molecular weight excluding hydrogens is 312 g/mol. The minimum Gasteiger partial charge on any atom is -0.481 e. The molecule has 1 aliphatic rings. The number of aromatic nitrogens is 1. The molecule has 2 aromatic rings. The van der Waals surface area contributed by atoms with Gasteiger partial charge in [0.1, 0.15) is 0 Å². The normalized spacial score (nSPS) is 18.7. The molecule has 0 aliphatic carbocycles. The molecule has 0 spiro atoms. The molecule has 6 heteroatoms. The molecular formula is C17H20N2O3S. The van der Waals surface area contributed by atoms with Gasteiger partial charge in [0.15, 0.2) is 5.78 Å². The first-order valence-electron chi connectivity index (χ1n) is 7.63. The highest BCUT2D eigenvalue weighted by Gasteiger charge is 2.26. The molecule has 2 aromatic heterocycles. The molecule has 0 radical (unpaired) electrons. The average Bonchev–Trinajstić information content (AvgIpc) is 3.12. The summed E-state index contributed by atoms with van der Waals surface area (Å²) in [4.78, 5) is 19.7. The van der Waals surface area contributed by atoms with E-state index in [1.807, 2.05) is 35.8 Å². The van der Waals surface area contributed by atoms with E-state index in [0.717, 1.165) is 23.5 Å². The molecule has 122 valence electrons. The first kappa shape index (κ1) is 16.1. The van der Waals surface area contributed by atoms with Crippen molar-refractivity contribution in [1.82, 2.24) is 9.88 Å². The van der Waals surface area contributed by atoms with Gasteiger partial charge in [-0.2, -0.15) is 0 Å². The number of carbonyl (C=O) groups is 1. The van der Waals surface area contributed by atoms with E-state index in [-0.39, 0.29) is 11.8 Å². The molecule has 1 aliphatic heterocycles. The molecule has 1 fully saturated rings. The molecule has 1 saturated heterocycles. The van der Waals surface area contributed by atoms with Gasteiger partial charge in [-0.05, 0) is 17.0 Å². The predicted octanol–water partition coefficient (Wildman–Crippen LogP) is 2.63. The van der Waals surface area contributed by atoms with Crippen LogP contribution in [0, 0.1) is 0 Å². The number of thiophene rings is 1. The quantitative estimate of drug-likeness (QED) is 0.761. The fraction of sp³-hybridized carbons (Fsp3) is 0.412. The summed E-state index contributed by atoms with van der Waals surface area (Å²) in [5.41, 5.74) is 1.11. The van der Waals surface area contributed by atoms with Gasteiger partial charge in [-0.15, -0.1) is 11.3 Å². The molecule has 0 saturated carbocycles. The lowest BCUT2D eigenvalue weighted by atomic mass is 10.1. The number of nitrogens with zero attached hydrogens (tertiary/aromatic N) is 2. The summed E-state index contributed by atoms with van der Waals surface area (Å²) in [5, 5.41) is 1.94. The van der Waals surface area contributed by atoms with Gasteiger partial charge in [-0.25, -0.2) is 4.98 Å². The van der Waals surface area contributed by atoms with E-state index in [1.54, 1.807) is 7.11 Å². The maximum absolute atomic E-state index is 12.4. The van der Waals surface area contributed by atoms with Crippen molar-refractivity contribution in [2.45, 2.75) is 19.0 Å². The van der Waals surface area contributed by atoms with Crippen molar-refractivity contribution in [3.63, 3.8) is 0 Å². The zero-order chi connectivity index (χ0) is 16.1. The van der Waals surface area contributed by atoms with Crippen LogP contribution in [0.15, 0.2) is 35.8 Å². The fourth-order valence-corrected chi connectivity index (χ4v) is 3.37. The smallest absolute Gasteiger partial charge is 0.212 e. The molecule has 3 heterocycles. The Hall–Kier alpha value is -1.76. The third-order valence-electron chi connectivity index (χ3n) is 3.96. The summed E-state index contributed by atoms with van der Waals surface area (Å²) < 4.78 is 10.7. The standard InChI is InChI=1S/C17H20N2O3S/c1-21-17-5-4-13(10-18-17)11-19-6-7-22-12-14(19)9-15(20)16-3-2-8-23-16/h2-5,8,10,14H,6-7,9,11-12H2,1H3/t14-/m1/s1. The van der Waals surface area contributed by atoms with E-state index in [0.29, 0.717) is 25.5 Å². The van der Waals surface area contributed by atoms with Crippen LogP contribution >= 0.6 is 11.3 Å². The van der Waals surface area contributed by atoms with Crippen LogP contribution in [0.4, 0.5) is 0 Å². The second-order valence-corrected chi connectivity index (χ2v) is 6.46. The number of pyridine rings is 1. The highest BCUT2D eigenvalue weighted by atomic mass is 32.1. The highest BCUT2D eigenvalue weighted by Crippen LogP contribution is 2.19. The Kier molecular flexibility index (Phi) is 5.38. The number of ether oxygens (including phenoxy) is 2. The lowest BCUT2D eigenvalue weighted by molar-refractivity contribution is -0.0126. The lowest BCUT2D eigenvalue weighted by Gasteiger charge is -2.35. The predicted molar refractivity (Wildman–Crippen MR) is 89.1 cm³/mol. The molecule has 5 nitrogen and oxygen atoms in total. The first-order chi connectivity index (χ1) is 11.3. The van der Waals surface area contributed by atoms with Crippen molar-refractivity contribution in [2.75, 3.05) is 26.9 Å². The molecule has 23 heavy (non-hydrogen) atoms. The number of carbonyl (C=O) groups excluding carboxylic acids is 1. The molecule has 0 bridgehead atoms. The lowest BCUT2D eigenvalue weighted by Crippen LogP contribution is -2.45. The Bertz CT molecular complexity index is 628. The molecule has 0 unspecified atom stereocenters. The first-order valence-corrected chi connectivity index (χ1v) is 8.51. The van der Waals surface area contributed by atoms with E-state index in [4.69, 9.17) is 9.47 Å². The monoisotopic (exact) mass is 332 g/mol. The van der Waals surface area contributed by atoms with Crippen molar-refractivity contribution >= 4 is 17.1 Å².